The van der Waals surface area contributed by atoms with Gasteiger partial charge in [-0.05, 0) is 19.0 Å². The summed E-state index contributed by atoms with van der Waals surface area (Å²) < 4.78 is 5.14. The highest BCUT2D eigenvalue weighted by Crippen LogP contribution is 2.22. The maximum absolute atomic E-state index is 5.46. The van der Waals surface area contributed by atoms with Crippen LogP contribution in [-0.2, 0) is 6.42 Å². The molecule has 0 amide bonds. The van der Waals surface area contributed by atoms with Gasteiger partial charge in [0, 0.05) is 23.5 Å². The Morgan fingerprint density at radius 3 is 3.15 bits per heavy atom. The molecule has 68 valence electrons. The van der Waals surface area contributed by atoms with Crippen LogP contribution in [0.5, 0.6) is 0 Å². The average Bonchev–Trinajstić information content (AvgIpc) is 2.71. The quantitative estimate of drug-likeness (QED) is 0.739. The predicted molar refractivity (Wildman–Crippen MR) is 49.0 cm³/mol. The topological polar surface area (TPSA) is 67.8 Å². The van der Waals surface area contributed by atoms with Crippen molar-refractivity contribution in [3.8, 4) is 11.3 Å². The SMILES string of the molecule is NCCc1cnoc1-c1cc[nH]c1. The van der Waals surface area contributed by atoms with Crippen LogP contribution < -0.4 is 5.73 Å². The van der Waals surface area contributed by atoms with Gasteiger partial charge in [0.25, 0.3) is 0 Å². The Bertz CT molecular complexity index is 364. The zero-order valence-corrected chi connectivity index (χ0v) is 7.16. The van der Waals surface area contributed by atoms with Crippen molar-refractivity contribution in [2.45, 2.75) is 6.42 Å². The van der Waals surface area contributed by atoms with Gasteiger partial charge in [0.05, 0.1) is 6.20 Å². The van der Waals surface area contributed by atoms with Crippen molar-refractivity contribution in [3.63, 3.8) is 0 Å². The first-order valence-corrected chi connectivity index (χ1v) is 4.18. The molecule has 2 rings (SSSR count). The summed E-state index contributed by atoms with van der Waals surface area (Å²) in [6.07, 6.45) is 6.24. The maximum atomic E-state index is 5.46. The Kier molecular flexibility index (Phi) is 2.14. The zero-order valence-electron chi connectivity index (χ0n) is 7.16. The lowest BCUT2D eigenvalue weighted by Crippen LogP contribution is -2.02. The molecule has 2 heterocycles. The smallest absolute Gasteiger partial charge is 0.171 e. The third kappa shape index (κ3) is 1.48. The molecule has 0 saturated heterocycles. The van der Waals surface area contributed by atoms with E-state index in [4.69, 9.17) is 10.3 Å². The zero-order chi connectivity index (χ0) is 9.10. The fourth-order valence-electron chi connectivity index (χ4n) is 1.30. The van der Waals surface area contributed by atoms with Crippen LogP contribution in [0.25, 0.3) is 11.3 Å². The molecule has 0 aliphatic heterocycles. The van der Waals surface area contributed by atoms with Crippen LogP contribution in [-0.4, -0.2) is 16.7 Å². The number of hydrogen-bond donors (Lipinski definition) is 2. The van der Waals surface area contributed by atoms with E-state index in [2.05, 4.69) is 10.1 Å². The van der Waals surface area contributed by atoms with Crippen molar-refractivity contribution in [1.29, 1.82) is 0 Å². The van der Waals surface area contributed by atoms with Crippen LogP contribution in [0.1, 0.15) is 5.56 Å². The second-order valence-electron chi connectivity index (χ2n) is 2.82. The fraction of sp³-hybridized carbons (Fsp3) is 0.222. The van der Waals surface area contributed by atoms with Gasteiger partial charge in [0.15, 0.2) is 5.76 Å². The van der Waals surface area contributed by atoms with Gasteiger partial charge < -0.3 is 15.2 Å². The monoisotopic (exact) mass is 177 g/mol. The summed E-state index contributed by atoms with van der Waals surface area (Å²) >= 11 is 0. The minimum absolute atomic E-state index is 0.610. The van der Waals surface area contributed by atoms with Crippen LogP contribution >= 0.6 is 0 Å². The first-order valence-electron chi connectivity index (χ1n) is 4.18. The van der Waals surface area contributed by atoms with Crippen LogP contribution in [0, 0.1) is 0 Å². The largest absolute Gasteiger partial charge is 0.367 e. The number of aromatic amines is 1. The summed E-state index contributed by atoms with van der Waals surface area (Å²) in [4.78, 5) is 2.97. The molecular formula is C9H11N3O. The molecule has 13 heavy (non-hydrogen) atoms. The Hall–Kier alpha value is -1.55. The van der Waals surface area contributed by atoms with Crippen molar-refractivity contribution < 1.29 is 4.52 Å². The van der Waals surface area contributed by atoms with E-state index in [-0.39, 0.29) is 0 Å². The lowest BCUT2D eigenvalue weighted by Gasteiger charge is -1.94. The van der Waals surface area contributed by atoms with E-state index in [1.807, 2.05) is 18.5 Å². The highest BCUT2D eigenvalue weighted by atomic mass is 16.5. The fourth-order valence-corrected chi connectivity index (χ4v) is 1.30. The normalized spacial score (nSPS) is 10.5. The van der Waals surface area contributed by atoms with E-state index < -0.39 is 0 Å². The van der Waals surface area contributed by atoms with E-state index in [9.17, 15) is 0 Å². The summed E-state index contributed by atoms with van der Waals surface area (Å²) in [5.74, 6) is 0.812. The maximum Gasteiger partial charge on any atom is 0.171 e. The number of rotatable bonds is 3. The molecule has 0 radical (unpaired) electrons. The van der Waals surface area contributed by atoms with Crippen LogP contribution in [0.2, 0.25) is 0 Å². The first-order chi connectivity index (χ1) is 6.42. The minimum Gasteiger partial charge on any atom is -0.367 e. The highest BCUT2D eigenvalue weighted by Gasteiger charge is 2.09. The van der Waals surface area contributed by atoms with Crippen molar-refractivity contribution >= 4 is 0 Å². The number of nitrogens with zero attached hydrogens (tertiary/aromatic N) is 1. The second kappa shape index (κ2) is 3.45. The summed E-state index contributed by atoms with van der Waals surface area (Å²) in [6, 6.07) is 1.94. The molecule has 0 spiro atoms. The number of H-pyrrole nitrogens is 1. The number of nitrogens with one attached hydrogen (secondary N) is 1. The lowest BCUT2D eigenvalue weighted by atomic mass is 10.1. The molecule has 0 aliphatic carbocycles. The molecule has 4 heteroatoms. The molecule has 2 aromatic heterocycles. The molecule has 0 saturated carbocycles. The van der Waals surface area contributed by atoms with Gasteiger partial charge in [0.2, 0.25) is 0 Å². The minimum atomic E-state index is 0.610. The Morgan fingerprint density at radius 1 is 1.54 bits per heavy atom. The first kappa shape index (κ1) is 8.07. The molecule has 0 atom stereocenters. The lowest BCUT2D eigenvalue weighted by molar-refractivity contribution is 0.431. The molecule has 0 aliphatic rings. The summed E-state index contributed by atoms with van der Waals surface area (Å²) in [5, 5.41) is 3.75. The van der Waals surface area contributed by atoms with Crippen molar-refractivity contribution in [3.05, 3.63) is 30.2 Å². The third-order valence-electron chi connectivity index (χ3n) is 1.92. The molecule has 0 bridgehead atoms. The molecule has 0 fully saturated rings. The van der Waals surface area contributed by atoms with E-state index >= 15 is 0 Å². The predicted octanol–water partition coefficient (Wildman–Crippen LogP) is 1.17. The number of nitrogens with two attached hydrogens (primary N) is 1. The Labute approximate surface area is 75.7 Å². The van der Waals surface area contributed by atoms with E-state index in [0.717, 1.165) is 23.3 Å². The van der Waals surface area contributed by atoms with E-state index in [0.29, 0.717) is 6.54 Å². The molecular weight excluding hydrogens is 166 g/mol. The highest BCUT2D eigenvalue weighted by molar-refractivity contribution is 5.59. The van der Waals surface area contributed by atoms with Gasteiger partial charge >= 0.3 is 0 Å². The summed E-state index contributed by atoms with van der Waals surface area (Å²) in [5.41, 5.74) is 7.54. The number of hydrogen-bond acceptors (Lipinski definition) is 3. The molecule has 3 N–H and O–H groups in total. The molecule has 0 unspecified atom stereocenters. The van der Waals surface area contributed by atoms with Gasteiger partial charge in [-0.25, -0.2) is 0 Å². The van der Waals surface area contributed by atoms with Gasteiger partial charge in [-0.3, -0.25) is 0 Å². The summed E-state index contributed by atoms with van der Waals surface area (Å²) in [6.45, 7) is 0.610. The number of aromatic nitrogens is 2. The van der Waals surface area contributed by atoms with E-state index in [1.54, 1.807) is 6.20 Å². The standard InChI is InChI=1S/C9H11N3O/c10-3-1-7-6-12-13-9(7)8-2-4-11-5-8/h2,4-6,11H,1,3,10H2. The Morgan fingerprint density at radius 2 is 2.46 bits per heavy atom. The second-order valence-corrected chi connectivity index (χ2v) is 2.82. The van der Waals surface area contributed by atoms with Gasteiger partial charge in [-0.1, -0.05) is 5.16 Å². The third-order valence-corrected chi connectivity index (χ3v) is 1.92. The van der Waals surface area contributed by atoms with Gasteiger partial charge in [-0.2, -0.15) is 0 Å². The molecule has 0 aromatic carbocycles. The van der Waals surface area contributed by atoms with Crippen LogP contribution in [0.3, 0.4) is 0 Å². The van der Waals surface area contributed by atoms with Crippen molar-refractivity contribution in [2.24, 2.45) is 5.73 Å². The van der Waals surface area contributed by atoms with Gasteiger partial charge in [-0.15, -0.1) is 0 Å². The van der Waals surface area contributed by atoms with Gasteiger partial charge in [0.1, 0.15) is 0 Å². The van der Waals surface area contributed by atoms with Crippen molar-refractivity contribution in [1.82, 2.24) is 10.1 Å². The Balaban J connectivity index is 2.35. The molecule has 4 nitrogen and oxygen atoms in total. The van der Waals surface area contributed by atoms with Crippen molar-refractivity contribution in [2.75, 3.05) is 6.54 Å². The van der Waals surface area contributed by atoms with Crippen LogP contribution in [0.4, 0.5) is 0 Å². The molecule has 2 aromatic rings. The average molecular weight is 177 g/mol. The summed E-state index contributed by atoms with van der Waals surface area (Å²) in [7, 11) is 0. The van der Waals surface area contributed by atoms with E-state index in [1.165, 1.54) is 0 Å². The van der Waals surface area contributed by atoms with Crippen LogP contribution in [0.15, 0.2) is 29.2 Å².